The molecule has 0 saturated carbocycles. The average molecular weight is 316 g/mol. The third kappa shape index (κ3) is 3.23. The number of aryl methyl sites for hydroxylation is 1. The van der Waals surface area contributed by atoms with Gasteiger partial charge >= 0.3 is 5.97 Å². The van der Waals surface area contributed by atoms with Crippen LogP contribution in [0.15, 0.2) is 47.0 Å². The van der Waals surface area contributed by atoms with Crippen LogP contribution in [-0.4, -0.2) is 16.1 Å². The number of esters is 1. The normalized spacial score (nSPS) is 10.6. The molecule has 2 aromatic carbocycles. The molecule has 1 heterocycles. The van der Waals surface area contributed by atoms with E-state index in [-0.39, 0.29) is 11.3 Å². The first kappa shape index (κ1) is 14.8. The Bertz CT molecular complexity index is 860. The molecule has 23 heavy (non-hydrogen) atoms. The van der Waals surface area contributed by atoms with E-state index in [0.717, 1.165) is 18.2 Å². The van der Waals surface area contributed by atoms with Crippen LogP contribution in [0.5, 0.6) is 5.75 Å². The van der Waals surface area contributed by atoms with E-state index in [0.29, 0.717) is 17.3 Å². The average Bonchev–Trinajstić information content (AvgIpc) is 2.97. The van der Waals surface area contributed by atoms with Gasteiger partial charge in [0.2, 0.25) is 11.7 Å². The first-order valence-corrected chi connectivity index (χ1v) is 6.61. The Labute approximate surface area is 129 Å². The first-order chi connectivity index (χ1) is 11.0. The number of ether oxygens (including phenoxy) is 1. The van der Waals surface area contributed by atoms with Crippen molar-refractivity contribution >= 4 is 5.97 Å². The van der Waals surface area contributed by atoms with Gasteiger partial charge in [0.1, 0.15) is 5.75 Å². The van der Waals surface area contributed by atoms with Gasteiger partial charge in [0.15, 0.2) is 11.6 Å². The number of carbonyl (C=O) groups is 1. The predicted octanol–water partition coefficient (Wildman–Crippen LogP) is 3.54. The number of hydrogen-bond donors (Lipinski definition) is 0. The van der Waals surface area contributed by atoms with Crippen molar-refractivity contribution < 1.29 is 22.8 Å². The molecule has 0 aliphatic rings. The Hall–Kier alpha value is -3.09. The second-order valence-electron chi connectivity index (χ2n) is 4.68. The van der Waals surface area contributed by atoms with Gasteiger partial charge < -0.3 is 9.26 Å². The minimum Gasteiger partial charge on any atom is -0.423 e. The zero-order chi connectivity index (χ0) is 16.4. The summed E-state index contributed by atoms with van der Waals surface area (Å²) >= 11 is 0. The van der Waals surface area contributed by atoms with Gasteiger partial charge in [0.25, 0.3) is 0 Å². The third-order valence-corrected chi connectivity index (χ3v) is 3.01. The largest absolute Gasteiger partial charge is 0.423 e. The summed E-state index contributed by atoms with van der Waals surface area (Å²) in [4.78, 5) is 16.0. The van der Waals surface area contributed by atoms with Crippen LogP contribution >= 0.6 is 0 Å². The van der Waals surface area contributed by atoms with Crippen molar-refractivity contribution in [2.45, 2.75) is 6.92 Å². The maximum absolute atomic E-state index is 13.1. The van der Waals surface area contributed by atoms with Crippen LogP contribution in [0, 0.1) is 18.6 Å². The molecule has 0 saturated heterocycles. The molecular formula is C16H10F2N2O3. The number of hydrogen-bond acceptors (Lipinski definition) is 5. The molecule has 3 aromatic rings. The zero-order valence-electron chi connectivity index (χ0n) is 11.9. The van der Waals surface area contributed by atoms with Gasteiger partial charge in [-0.15, -0.1) is 0 Å². The lowest BCUT2D eigenvalue weighted by Gasteiger charge is -2.05. The summed E-state index contributed by atoms with van der Waals surface area (Å²) in [5.41, 5.74) is 0.608. The molecule has 0 spiro atoms. The summed E-state index contributed by atoms with van der Waals surface area (Å²) in [5, 5.41) is 3.77. The van der Waals surface area contributed by atoms with E-state index in [1.807, 2.05) is 0 Å². The predicted molar refractivity (Wildman–Crippen MR) is 75.8 cm³/mol. The molecule has 0 atom stereocenters. The fraction of sp³-hybridized carbons (Fsp3) is 0.0625. The minimum atomic E-state index is -1.11. The lowest BCUT2D eigenvalue weighted by molar-refractivity contribution is 0.0734. The maximum Gasteiger partial charge on any atom is 0.343 e. The van der Waals surface area contributed by atoms with Gasteiger partial charge in [-0.25, -0.2) is 13.6 Å². The van der Waals surface area contributed by atoms with E-state index >= 15 is 0 Å². The second-order valence-corrected chi connectivity index (χ2v) is 4.68. The lowest BCUT2D eigenvalue weighted by Crippen LogP contribution is -2.09. The quantitative estimate of drug-likeness (QED) is 0.546. The fourth-order valence-electron chi connectivity index (χ4n) is 1.88. The molecule has 7 heteroatoms. The highest BCUT2D eigenvalue weighted by atomic mass is 19.2. The number of rotatable bonds is 3. The highest BCUT2D eigenvalue weighted by Crippen LogP contribution is 2.21. The van der Waals surface area contributed by atoms with Crippen molar-refractivity contribution in [1.29, 1.82) is 0 Å². The third-order valence-electron chi connectivity index (χ3n) is 3.01. The Morgan fingerprint density at radius 2 is 1.83 bits per heavy atom. The molecule has 1 aromatic heterocycles. The van der Waals surface area contributed by atoms with Gasteiger partial charge in [0, 0.05) is 12.5 Å². The van der Waals surface area contributed by atoms with Crippen LogP contribution < -0.4 is 4.74 Å². The zero-order valence-corrected chi connectivity index (χ0v) is 11.9. The molecule has 0 aliphatic carbocycles. The molecule has 0 unspecified atom stereocenters. The SMILES string of the molecule is Cc1nc(-c2ccc(OC(=O)c3ccc(F)c(F)c3)cc2)no1. The van der Waals surface area contributed by atoms with Crippen molar-refractivity contribution in [3.8, 4) is 17.1 Å². The van der Waals surface area contributed by atoms with Crippen LogP contribution in [0.25, 0.3) is 11.4 Å². The van der Waals surface area contributed by atoms with Crippen LogP contribution in [0.3, 0.4) is 0 Å². The van der Waals surface area contributed by atoms with Crippen LogP contribution in [0.2, 0.25) is 0 Å². The Morgan fingerprint density at radius 3 is 2.43 bits per heavy atom. The van der Waals surface area contributed by atoms with Crippen LogP contribution in [0.1, 0.15) is 16.2 Å². The summed E-state index contributed by atoms with van der Waals surface area (Å²) in [6, 6.07) is 9.19. The molecular weight excluding hydrogens is 306 g/mol. The Kier molecular flexibility index (Phi) is 3.84. The summed E-state index contributed by atoms with van der Waals surface area (Å²) in [6.07, 6.45) is 0. The molecule has 0 bridgehead atoms. The molecule has 116 valence electrons. The molecule has 0 fully saturated rings. The fourth-order valence-corrected chi connectivity index (χ4v) is 1.88. The Morgan fingerprint density at radius 1 is 1.09 bits per heavy atom. The summed E-state index contributed by atoms with van der Waals surface area (Å²) < 4.78 is 35.9. The first-order valence-electron chi connectivity index (χ1n) is 6.61. The number of halogens is 2. The summed E-state index contributed by atoms with van der Waals surface area (Å²) in [6.45, 7) is 1.68. The van der Waals surface area contributed by atoms with E-state index in [1.165, 1.54) is 0 Å². The van der Waals surface area contributed by atoms with Crippen molar-refractivity contribution in [3.63, 3.8) is 0 Å². The minimum absolute atomic E-state index is 0.0817. The maximum atomic E-state index is 13.1. The number of benzene rings is 2. The standard InChI is InChI=1S/C16H10F2N2O3/c1-9-19-15(20-23-9)10-2-5-12(6-3-10)22-16(21)11-4-7-13(17)14(18)8-11/h2-8H,1H3. The second kappa shape index (κ2) is 5.96. The number of aromatic nitrogens is 2. The van der Waals surface area contributed by atoms with Crippen molar-refractivity contribution in [2.24, 2.45) is 0 Å². The molecule has 0 aliphatic heterocycles. The van der Waals surface area contributed by atoms with Crippen molar-refractivity contribution in [3.05, 3.63) is 65.6 Å². The van der Waals surface area contributed by atoms with E-state index in [9.17, 15) is 13.6 Å². The molecule has 0 radical (unpaired) electrons. The van der Waals surface area contributed by atoms with Gasteiger partial charge in [-0.05, 0) is 42.5 Å². The van der Waals surface area contributed by atoms with Crippen molar-refractivity contribution in [2.75, 3.05) is 0 Å². The molecule has 5 nitrogen and oxygen atoms in total. The lowest BCUT2D eigenvalue weighted by atomic mass is 10.2. The smallest absolute Gasteiger partial charge is 0.343 e. The van der Waals surface area contributed by atoms with Crippen LogP contribution in [0.4, 0.5) is 8.78 Å². The topological polar surface area (TPSA) is 65.2 Å². The van der Waals surface area contributed by atoms with Gasteiger partial charge in [-0.2, -0.15) is 4.98 Å². The summed E-state index contributed by atoms with van der Waals surface area (Å²) in [5.74, 6) is -1.81. The van der Waals surface area contributed by atoms with Crippen molar-refractivity contribution in [1.82, 2.24) is 10.1 Å². The monoisotopic (exact) mass is 316 g/mol. The highest BCUT2D eigenvalue weighted by Gasteiger charge is 2.12. The van der Waals surface area contributed by atoms with E-state index in [4.69, 9.17) is 9.26 Å². The van der Waals surface area contributed by atoms with Gasteiger partial charge in [0.05, 0.1) is 5.56 Å². The van der Waals surface area contributed by atoms with E-state index in [1.54, 1.807) is 31.2 Å². The number of carbonyl (C=O) groups excluding carboxylic acids is 1. The molecule has 0 N–H and O–H groups in total. The van der Waals surface area contributed by atoms with Crippen LogP contribution in [-0.2, 0) is 0 Å². The van der Waals surface area contributed by atoms with E-state index in [2.05, 4.69) is 10.1 Å². The van der Waals surface area contributed by atoms with Gasteiger partial charge in [-0.3, -0.25) is 0 Å². The van der Waals surface area contributed by atoms with Gasteiger partial charge in [-0.1, -0.05) is 5.16 Å². The molecule has 0 amide bonds. The van der Waals surface area contributed by atoms with E-state index < -0.39 is 17.6 Å². The molecule has 3 rings (SSSR count). The Balaban J connectivity index is 1.75. The highest BCUT2D eigenvalue weighted by molar-refractivity contribution is 5.91. The number of nitrogens with zero attached hydrogens (tertiary/aromatic N) is 2. The summed E-state index contributed by atoms with van der Waals surface area (Å²) in [7, 11) is 0.